The molecule has 3 aromatic rings. The van der Waals surface area contributed by atoms with Gasteiger partial charge in [-0.1, -0.05) is 25.1 Å². The molecule has 102 valence electrons. The van der Waals surface area contributed by atoms with Gasteiger partial charge in [0.05, 0.1) is 12.1 Å². The number of aromatic carboxylic acids is 1. The minimum atomic E-state index is -0.854. The maximum absolute atomic E-state index is 10.9. The molecule has 0 saturated heterocycles. The van der Waals surface area contributed by atoms with Gasteiger partial charge in [0.1, 0.15) is 4.88 Å². The highest BCUT2D eigenvalue weighted by Gasteiger charge is 2.09. The zero-order valence-corrected chi connectivity index (χ0v) is 12.0. The van der Waals surface area contributed by atoms with Crippen LogP contribution in [0.15, 0.2) is 42.6 Å². The number of fused-ring (bicyclic) bond motifs is 1. The fraction of sp³-hybridized carbons (Fsp3) is 0.188. The summed E-state index contributed by atoms with van der Waals surface area (Å²) in [5, 5.41) is 10.2. The summed E-state index contributed by atoms with van der Waals surface area (Å²) in [7, 11) is 0. The number of thiophene rings is 1. The molecule has 0 fully saturated rings. The van der Waals surface area contributed by atoms with E-state index in [0.717, 1.165) is 17.8 Å². The van der Waals surface area contributed by atoms with Crippen molar-refractivity contribution >= 4 is 28.2 Å². The van der Waals surface area contributed by atoms with Crippen LogP contribution in [0.1, 0.15) is 27.0 Å². The van der Waals surface area contributed by atoms with Gasteiger partial charge >= 0.3 is 5.97 Å². The quantitative estimate of drug-likeness (QED) is 0.787. The molecule has 0 aliphatic heterocycles. The minimum absolute atomic E-state index is 0.396. The smallest absolute Gasteiger partial charge is 0.345 e. The van der Waals surface area contributed by atoms with E-state index in [1.54, 1.807) is 6.07 Å². The summed E-state index contributed by atoms with van der Waals surface area (Å²) in [5.41, 5.74) is 2.57. The fourth-order valence-electron chi connectivity index (χ4n) is 2.50. The van der Waals surface area contributed by atoms with E-state index in [0.29, 0.717) is 4.88 Å². The summed E-state index contributed by atoms with van der Waals surface area (Å²) in [4.78, 5) is 12.4. The van der Waals surface area contributed by atoms with Gasteiger partial charge in [0.2, 0.25) is 0 Å². The molecule has 0 aliphatic carbocycles. The predicted octanol–water partition coefficient (Wildman–Crippen LogP) is 4.01. The number of carboxylic acid groups (broad SMARTS) is 1. The molecular formula is C16H15NO2S. The van der Waals surface area contributed by atoms with Gasteiger partial charge < -0.3 is 9.67 Å². The number of carbonyl (C=O) groups is 1. The third kappa shape index (κ3) is 2.23. The Morgan fingerprint density at radius 3 is 2.80 bits per heavy atom. The molecule has 0 unspecified atom stereocenters. The predicted molar refractivity (Wildman–Crippen MR) is 81.7 cm³/mol. The summed E-state index contributed by atoms with van der Waals surface area (Å²) in [6, 6.07) is 12.0. The van der Waals surface area contributed by atoms with Crippen LogP contribution in [-0.2, 0) is 13.0 Å². The van der Waals surface area contributed by atoms with Gasteiger partial charge in [-0.05, 0) is 35.6 Å². The molecule has 0 atom stereocenters. The Labute approximate surface area is 121 Å². The second kappa shape index (κ2) is 5.13. The number of para-hydroxylation sites is 1. The van der Waals surface area contributed by atoms with Gasteiger partial charge in [0.25, 0.3) is 0 Å². The van der Waals surface area contributed by atoms with Crippen LogP contribution in [0.3, 0.4) is 0 Å². The Morgan fingerprint density at radius 2 is 2.10 bits per heavy atom. The lowest BCUT2D eigenvalue weighted by Crippen LogP contribution is -1.98. The molecule has 0 radical (unpaired) electrons. The van der Waals surface area contributed by atoms with Crippen LogP contribution in [0, 0.1) is 0 Å². The van der Waals surface area contributed by atoms with Crippen molar-refractivity contribution in [3.63, 3.8) is 0 Å². The number of rotatable bonds is 4. The summed E-state index contributed by atoms with van der Waals surface area (Å²) >= 11 is 1.34. The van der Waals surface area contributed by atoms with Crippen molar-refractivity contribution in [1.29, 1.82) is 0 Å². The molecule has 2 heterocycles. The zero-order valence-electron chi connectivity index (χ0n) is 11.2. The van der Waals surface area contributed by atoms with Gasteiger partial charge in [0.15, 0.2) is 0 Å². The maximum atomic E-state index is 10.9. The molecule has 20 heavy (non-hydrogen) atoms. The first-order chi connectivity index (χ1) is 9.69. The molecule has 3 rings (SSSR count). The number of aromatic nitrogens is 1. The normalized spacial score (nSPS) is 11.1. The van der Waals surface area contributed by atoms with Crippen molar-refractivity contribution in [3.05, 3.63) is 57.9 Å². The number of benzene rings is 1. The number of aryl methyl sites for hydroxylation is 1. The Bertz CT molecular complexity index is 770. The topological polar surface area (TPSA) is 42.2 Å². The number of hydrogen-bond acceptors (Lipinski definition) is 2. The highest BCUT2D eigenvalue weighted by molar-refractivity contribution is 7.13. The maximum Gasteiger partial charge on any atom is 0.345 e. The van der Waals surface area contributed by atoms with Gasteiger partial charge in [-0.2, -0.15) is 0 Å². The van der Waals surface area contributed by atoms with E-state index in [1.807, 2.05) is 6.07 Å². The number of hydrogen-bond donors (Lipinski definition) is 1. The average Bonchev–Trinajstić information content (AvgIpc) is 3.06. The first-order valence-electron chi connectivity index (χ1n) is 6.57. The Balaban J connectivity index is 1.99. The molecule has 0 amide bonds. The SMILES string of the molecule is CCc1cccc2ccn(Cc3ccc(C(=O)O)s3)c12. The molecule has 1 aromatic carbocycles. The Morgan fingerprint density at radius 1 is 1.25 bits per heavy atom. The van der Waals surface area contributed by atoms with E-state index in [2.05, 4.69) is 42.0 Å². The van der Waals surface area contributed by atoms with E-state index in [1.165, 1.54) is 27.8 Å². The molecular weight excluding hydrogens is 270 g/mol. The molecule has 0 bridgehead atoms. The van der Waals surface area contributed by atoms with Crippen molar-refractivity contribution in [3.8, 4) is 0 Å². The van der Waals surface area contributed by atoms with Crippen LogP contribution in [-0.4, -0.2) is 15.6 Å². The van der Waals surface area contributed by atoms with E-state index in [9.17, 15) is 4.79 Å². The van der Waals surface area contributed by atoms with Crippen LogP contribution >= 0.6 is 11.3 Å². The van der Waals surface area contributed by atoms with Crippen LogP contribution in [0.25, 0.3) is 10.9 Å². The first-order valence-corrected chi connectivity index (χ1v) is 7.39. The second-order valence-corrected chi connectivity index (χ2v) is 5.89. The van der Waals surface area contributed by atoms with E-state index >= 15 is 0 Å². The highest BCUT2D eigenvalue weighted by atomic mass is 32.1. The van der Waals surface area contributed by atoms with Crippen molar-refractivity contribution in [1.82, 2.24) is 4.57 Å². The molecule has 2 aromatic heterocycles. The van der Waals surface area contributed by atoms with E-state index in [4.69, 9.17) is 5.11 Å². The molecule has 4 heteroatoms. The molecule has 1 N–H and O–H groups in total. The lowest BCUT2D eigenvalue weighted by Gasteiger charge is -2.07. The Kier molecular flexibility index (Phi) is 3.32. The first kappa shape index (κ1) is 12.9. The molecule has 0 saturated carbocycles. The lowest BCUT2D eigenvalue weighted by atomic mass is 10.1. The summed E-state index contributed by atoms with van der Waals surface area (Å²) in [6.45, 7) is 2.87. The zero-order chi connectivity index (χ0) is 14.1. The number of nitrogens with zero attached hydrogens (tertiary/aromatic N) is 1. The van der Waals surface area contributed by atoms with Crippen molar-refractivity contribution in [2.24, 2.45) is 0 Å². The molecule has 3 nitrogen and oxygen atoms in total. The third-order valence-electron chi connectivity index (χ3n) is 3.45. The largest absolute Gasteiger partial charge is 0.477 e. The minimum Gasteiger partial charge on any atom is -0.477 e. The van der Waals surface area contributed by atoms with Crippen LogP contribution in [0.5, 0.6) is 0 Å². The fourth-order valence-corrected chi connectivity index (χ4v) is 3.35. The van der Waals surface area contributed by atoms with E-state index in [-0.39, 0.29) is 0 Å². The monoisotopic (exact) mass is 285 g/mol. The van der Waals surface area contributed by atoms with Crippen LogP contribution in [0.4, 0.5) is 0 Å². The molecule has 0 aliphatic rings. The lowest BCUT2D eigenvalue weighted by molar-refractivity contribution is 0.0702. The molecule has 0 spiro atoms. The third-order valence-corrected chi connectivity index (χ3v) is 4.51. The second-order valence-electron chi connectivity index (χ2n) is 4.72. The van der Waals surface area contributed by atoms with Crippen LogP contribution in [0.2, 0.25) is 0 Å². The van der Waals surface area contributed by atoms with Crippen molar-refractivity contribution in [2.45, 2.75) is 19.9 Å². The van der Waals surface area contributed by atoms with Crippen molar-refractivity contribution in [2.75, 3.05) is 0 Å². The standard InChI is InChI=1S/C16H15NO2S/c1-2-11-4-3-5-12-8-9-17(15(11)12)10-13-6-7-14(20-13)16(18)19/h3-9H,2,10H2,1H3,(H,18,19). The van der Waals surface area contributed by atoms with Crippen LogP contribution < -0.4 is 0 Å². The number of carboxylic acids is 1. The van der Waals surface area contributed by atoms with Gasteiger partial charge in [-0.3, -0.25) is 0 Å². The van der Waals surface area contributed by atoms with Gasteiger partial charge in [0, 0.05) is 11.1 Å². The summed E-state index contributed by atoms with van der Waals surface area (Å²) in [5.74, 6) is -0.854. The van der Waals surface area contributed by atoms with E-state index < -0.39 is 5.97 Å². The van der Waals surface area contributed by atoms with Crippen molar-refractivity contribution < 1.29 is 9.90 Å². The van der Waals surface area contributed by atoms with Gasteiger partial charge in [-0.25, -0.2) is 4.79 Å². The summed E-state index contributed by atoms with van der Waals surface area (Å²) < 4.78 is 2.20. The average molecular weight is 285 g/mol. The highest BCUT2D eigenvalue weighted by Crippen LogP contribution is 2.24. The Hall–Kier alpha value is -2.07. The van der Waals surface area contributed by atoms with Gasteiger partial charge in [-0.15, -0.1) is 11.3 Å². The summed E-state index contributed by atoms with van der Waals surface area (Å²) in [6.07, 6.45) is 3.07.